The lowest BCUT2D eigenvalue weighted by molar-refractivity contribution is -0.134. The Balaban J connectivity index is 0.000000221. The molecule has 0 aliphatic carbocycles. The van der Waals surface area contributed by atoms with Gasteiger partial charge in [0, 0.05) is 18.3 Å². The van der Waals surface area contributed by atoms with Gasteiger partial charge in [0.15, 0.2) is 0 Å². The summed E-state index contributed by atoms with van der Waals surface area (Å²) < 4.78 is 1.66. The minimum Gasteiger partial charge on any atom is -0.478 e. The molecule has 1 amide bonds. The summed E-state index contributed by atoms with van der Waals surface area (Å²) in [6.07, 6.45) is 4.34. The van der Waals surface area contributed by atoms with Gasteiger partial charge in [0.05, 0.1) is 6.20 Å². The van der Waals surface area contributed by atoms with Crippen LogP contribution in [0.1, 0.15) is 10.5 Å². The van der Waals surface area contributed by atoms with Gasteiger partial charge in [0.1, 0.15) is 11.3 Å². The topological polar surface area (TPSA) is 135 Å². The van der Waals surface area contributed by atoms with Gasteiger partial charge < -0.3 is 15.9 Å². The average molecular weight is 277 g/mol. The van der Waals surface area contributed by atoms with E-state index in [1.807, 2.05) is 18.2 Å². The number of amides is 1. The number of imidazole rings is 1. The minimum absolute atomic E-state index is 0.408. The number of carboxylic acids is 2. The van der Waals surface area contributed by atoms with Crippen LogP contribution in [0.3, 0.4) is 0 Å². The molecular weight excluding hydrogens is 266 g/mol. The first-order valence-corrected chi connectivity index (χ1v) is 5.27. The minimum atomic E-state index is -1.26. The van der Waals surface area contributed by atoms with Crippen LogP contribution in [0.4, 0.5) is 0 Å². The maximum atomic E-state index is 10.8. The zero-order valence-electron chi connectivity index (χ0n) is 10.1. The number of aliphatic carboxylic acids is 2. The number of hydrogen-bond acceptors (Lipinski definition) is 4. The molecule has 2 aromatic heterocycles. The third-order valence-corrected chi connectivity index (χ3v) is 2.04. The molecule has 0 saturated carbocycles. The molecule has 104 valence electrons. The maximum absolute atomic E-state index is 10.8. The molecule has 0 aromatic carbocycles. The van der Waals surface area contributed by atoms with E-state index in [4.69, 9.17) is 15.9 Å². The van der Waals surface area contributed by atoms with Crippen LogP contribution in [0.5, 0.6) is 0 Å². The van der Waals surface area contributed by atoms with E-state index in [0.29, 0.717) is 17.8 Å². The SMILES string of the molecule is NC(=O)c1cnc2ccccn12.O=C(O)/C=C/C(=O)O. The smallest absolute Gasteiger partial charge is 0.328 e. The second kappa shape index (κ2) is 6.69. The number of fused-ring (bicyclic) bond motifs is 1. The highest BCUT2D eigenvalue weighted by atomic mass is 16.4. The molecule has 0 spiro atoms. The highest BCUT2D eigenvalue weighted by Gasteiger charge is 2.05. The lowest BCUT2D eigenvalue weighted by atomic mass is 10.4. The van der Waals surface area contributed by atoms with Gasteiger partial charge in [0.25, 0.3) is 5.91 Å². The molecule has 0 bridgehead atoms. The van der Waals surface area contributed by atoms with Gasteiger partial charge in [-0.3, -0.25) is 9.20 Å². The van der Waals surface area contributed by atoms with Gasteiger partial charge in [-0.1, -0.05) is 6.07 Å². The molecule has 4 N–H and O–H groups in total. The third-order valence-electron chi connectivity index (χ3n) is 2.04. The Hall–Kier alpha value is -3.16. The lowest BCUT2D eigenvalue weighted by Crippen LogP contribution is -2.13. The van der Waals surface area contributed by atoms with Crippen molar-refractivity contribution in [1.82, 2.24) is 9.38 Å². The largest absolute Gasteiger partial charge is 0.478 e. The van der Waals surface area contributed by atoms with Crippen LogP contribution in [0, 0.1) is 0 Å². The first kappa shape index (κ1) is 14.9. The van der Waals surface area contributed by atoms with Crippen molar-refractivity contribution in [2.24, 2.45) is 5.73 Å². The van der Waals surface area contributed by atoms with Crippen molar-refractivity contribution in [3.8, 4) is 0 Å². The maximum Gasteiger partial charge on any atom is 0.328 e. The molecule has 0 aliphatic rings. The van der Waals surface area contributed by atoms with Crippen LogP contribution in [-0.4, -0.2) is 37.4 Å². The Kier molecular flexibility index (Phi) is 4.98. The molecule has 8 heteroatoms. The van der Waals surface area contributed by atoms with Crippen LogP contribution < -0.4 is 5.73 Å². The Bertz CT molecular complexity index is 659. The van der Waals surface area contributed by atoms with E-state index in [0.717, 1.165) is 5.65 Å². The summed E-state index contributed by atoms with van der Waals surface area (Å²) in [7, 11) is 0. The van der Waals surface area contributed by atoms with Gasteiger partial charge in [-0.2, -0.15) is 0 Å². The molecule has 0 atom stereocenters. The number of carbonyl (C=O) groups excluding carboxylic acids is 1. The number of aromatic nitrogens is 2. The van der Waals surface area contributed by atoms with Gasteiger partial charge >= 0.3 is 11.9 Å². The molecule has 2 rings (SSSR count). The number of hydrogen-bond donors (Lipinski definition) is 3. The fourth-order valence-corrected chi connectivity index (χ4v) is 1.26. The molecule has 20 heavy (non-hydrogen) atoms. The summed E-state index contributed by atoms with van der Waals surface area (Å²) in [5, 5.41) is 15.6. The van der Waals surface area contributed by atoms with Crippen LogP contribution in [0.25, 0.3) is 5.65 Å². The average Bonchev–Trinajstić information content (AvgIpc) is 2.81. The van der Waals surface area contributed by atoms with Crippen molar-refractivity contribution in [3.63, 3.8) is 0 Å². The van der Waals surface area contributed by atoms with E-state index >= 15 is 0 Å². The summed E-state index contributed by atoms with van der Waals surface area (Å²) in [5.74, 6) is -2.98. The summed E-state index contributed by atoms with van der Waals surface area (Å²) in [5.41, 5.74) is 6.26. The Morgan fingerprint density at radius 3 is 2.25 bits per heavy atom. The molecule has 0 radical (unpaired) electrons. The van der Waals surface area contributed by atoms with Gasteiger partial charge in [-0.15, -0.1) is 0 Å². The van der Waals surface area contributed by atoms with Crippen LogP contribution >= 0.6 is 0 Å². The monoisotopic (exact) mass is 277 g/mol. The third kappa shape index (κ3) is 4.26. The fourth-order valence-electron chi connectivity index (χ4n) is 1.26. The summed E-state index contributed by atoms with van der Waals surface area (Å²) in [6, 6.07) is 5.49. The molecule has 2 heterocycles. The molecular formula is C12H11N3O5. The zero-order valence-corrected chi connectivity index (χ0v) is 10.1. The quantitative estimate of drug-likeness (QED) is 0.683. The number of primary amides is 1. The standard InChI is InChI=1S/C8H7N3O.C4H4O4/c9-8(12)6-5-10-7-3-1-2-4-11(6)7;5-3(6)1-2-4(7)8/h1-5H,(H2,9,12);1-2H,(H,5,6)(H,7,8)/b;2-1+. The number of carbonyl (C=O) groups is 3. The fraction of sp³-hybridized carbons (Fsp3) is 0. The highest BCUT2D eigenvalue weighted by molar-refractivity contribution is 5.91. The summed E-state index contributed by atoms with van der Waals surface area (Å²) >= 11 is 0. The van der Waals surface area contributed by atoms with Crippen molar-refractivity contribution < 1.29 is 24.6 Å². The summed E-state index contributed by atoms with van der Waals surface area (Å²) in [6.45, 7) is 0. The van der Waals surface area contributed by atoms with Gasteiger partial charge in [0.2, 0.25) is 0 Å². The second-order valence-electron chi connectivity index (χ2n) is 3.45. The molecule has 0 aliphatic heterocycles. The lowest BCUT2D eigenvalue weighted by Gasteiger charge is -1.94. The number of carboxylic acid groups (broad SMARTS) is 2. The summed E-state index contributed by atoms with van der Waals surface area (Å²) in [4.78, 5) is 33.9. The zero-order chi connectivity index (χ0) is 15.1. The van der Waals surface area contributed by atoms with Crippen LogP contribution in [-0.2, 0) is 9.59 Å². The predicted molar refractivity (Wildman–Crippen MR) is 68.1 cm³/mol. The van der Waals surface area contributed by atoms with Crippen molar-refractivity contribution in [1.29, 1.82) is 0 Å². The number of nitrogens with zero attached hydrogens (tertiary/aromatic N) is 2. The Morgan fingerprint density at radius 2 is 1.75 bits per heavy atom. The Labute approximate surface area is 112 Å². The number of pyridine rings is 1. The normalized spacial score (nSPS) is 10.0. The Morgan fingerprint density at radius 1 is 1.15 bits per heavy atom. The van der Waals surface area contributed by atoms with E-state index in [1.54, 1.807) is 10.6 Å². The van der Waals surface area contributed by atoms with Crippen LogP contribution in [0.2, 0.25) is 0 Å². The molecule has 0 saturated heterocycles. The number of rotatable bonds is 3. The van der Waals surface area contributed by atoms with E-state index in [1.165, 1.54) is 6.20 Å². The van der Waals surface area contributed by atoms with E-state index in [9.17, 15) is 14.4 Å². The highest BCUT2D eigenvalue weighted by Crippen LogP contribution is 2.04. The van der Waals surface area contributed by atoms with E-state index < -0.39 is 17.8 Å². The van der Waals surface area contributed by atoms with Gasteiger partial charge in [-0.05, 0) is 12.1 Å². The van der Waals surface area contributed by atoms with Crippen molar-refractivity contribution in [3.05, 3.63) is 48.4 Å². The molecule has 0 fully saturated rings. The first-order valence-electron chi connectivity index (χ1n) is 5.27. The van der Waals surface area contributed by atoms with Crippen LogP contribution in [0.15, 0.2) is 42.7 Å². The predicted octanol–water partition coefficient (Wildman–Crippen LogP) is 0.145. The van der Waals surface area contributed by atoms with E-state index in [2.05, 4.69) is 4.98 Å². The first-order chi connectivity index (χ1) is 9.41. The molecule has 2 aromatic rings. The number of nitrogens with two attached hydrogens (primary N) is 1. The molecule has 8 nitrogen and oxygen atoms in total. The van der Waals surface area contributed by atoms with Crippen molar-refractivity contribution in [2.75, 3.05) is 0 Å². The molecule has 0 unspecified atom stereocenters. The second-order valence-corrected chi connectivity index (χ2v) is 3.45. The van der Waals surface area contributed by atoms with E-state index in [-0.39, 0.29) is 0 Å². The van der Waals surface area contributed by atoms with Crippen molar-refractivity contribution >= 4 is 23.5 Å². The van der Waals surface area contributed by atoms with Crippen molar-refractivity contribution in [2.45, 2.75) is 0 Å². The van der Waals surface area contributed by atoms with Gasteiger partial charge in [-0.25, -0.2) is 14.6 Å².